The van der Waals surface area contributed by atoms with E-state index in [4.69, 9.17) is 0 Å². The Morgan fingerprint density at radius 2 is 1.97 bits per heavy atom. The fourth-order valence-corrected chi connectivity index (χ4v) is 4.40. The summed E-state index contributed by atoms with van der Waals surface area (Å²) in [5, 5.41) is 14.3. The van der Waals surface area contributed by atoms with Crippen molar-refractivity contribution in [3.8, 4) is 10.7 Å². The van der Waals surface area contributed by atoms with Crippen molar-refractivity contribution in [1.29, 1.82) is 0 Å². The third kappa shape index (κ3) is 4.51. The summed E-state index contributed by atoms with van der Waals surface area (Å²) in [7, 11) is 3.42. The van der Waals surface area contributed by atoms with Crippen LogP contribution >= 0.6 is 23.1 Å². The Labute approximate surface area is 177 Å². The zero-order valence-electron chi connectivity index (χ0n) is 16.2. The first-order valence-electron chi connectivity index (χ1n) is 9.26. The molecule has 0 spiro atoms. The lowest BCUT2D eigenvalue weighted by Gasteiger charge is -2.11. The first-order chi connectivity index (χ1) is 14.0. The van der Waals surface area contributed by atoms with Crippen molar-refractivity contribution < 1.29 is 9.59 Å². The maximum absolute atomic E-state index is 12.4. The predicted molar refractivity (Wildman–Crippen MR) is 115 cm³/mol. The second kappa shape index (κ2) is 8.38. The quantitative estimate of drug-likeness (QED) is 0.581. The van der Waals surface area contributed by atoms with Crippen LogP contribution < -0.4 is 5.32 Å². The lowest BCUT2D eigenvalue weighted by atomic mass is 10.2. The average Bonchev–Trinajstić information content (AvgIpc) is 3.23. The molecule has 0 radical (unpaired) electrons. The highest BCUT2D eigenvalue weighted by molar-refractivity contribution is 7.99. The van der Waals surface area contributed by atoms with Gasteiger partial charge in [-0.25, -0.2) is 0 Å². The van der Waals surface area contributed by atoms with Gasteiger partial charge in [0.05, 0.1) is 10.6 Å². The number of nitrogens with zero attached hydrogens (tertiary/aromatic N) is 4. The number of carbonyl (C=O) groups is 2. The average molecular weight is 428 g/mol. The van der Waals surface area contributed by atoms with Crippen LogP contribution in [0.3, 0.4) is 0 Å². The van der Waals surface area contributed by atoms with Gasteiger partial charge in [0, 0.05) is 31.4 Å². The topological polar surface area (TPSA) is 80.1 Å². The van der Waals surface area contributed by atoms with Crippen LogP contribution in [0, 0.1) is 0 Å². The van der Waals surface area contributed by atoms with Gasteiger partial charge in [0.2, 0.25) is 5.91 Å². The normalized spacial score (nSPS) is 13.3. The van der Waals surface area contributed by atoms with Crippen LogP contribution in [0.2, 0.25) is 0 Å². The molecule has 0 bridgehead atoms. The molecule has 2 aromatic heterocycles. The Hall–Kier alpha value is -2.65. The van der Waals surface area contributed by atoms with Crippen LogP contribution in [0.1, 0.15) is 29.2 Å². The van der Waals surface area contributed by atoms with E-state index in [0.717, 1.165) is 28.7 Å². The fourth-order valence-electron chi connectivity index (χ4n) is 2.89. The van der Waals surface area contributed by atoms with Gasteiger partial charge in [-0.2, -0.15) is 0 Å². The minimum Gasteiger partial charge on any atom is -0.345 e. The van der Waals surface area contributed by atoms with Gasteiger partial charge >= 0.3 is 0 Å². The number of carbonyl (C=O) groups excluding carboxylic acids is 2. The Balaban J connectivity index is 1.38. The van der Waals surface area contributed by atoms with E-state index in [0.29, 0.717) is 17.3 Å². The van der Waals surface area contributed by atoms with Gasteiger partial charge in [0.25, 0.3) is 5.91 Å². The van der Waals surface area contributed by atoms with Crippen LogP contribution in [0.4, 0.5) is 5.69 Å². The Bertz CT molecular complexity index is 1010. The van der Waals surface area contributed by atoms with Gasteiger partial charge in [-0.15, -0.1) is 21.5 Å². The highest BCUT2D eigenvalue weighted by Gasteiger charge is 2.30. The maximum Gasteiger partial charge on any atom is 0.253 e. The van der Waals surface area contributed by atoms with E-state index in [-0.39, 0.29) is 17.6 Å². The third-order valence-electron chi connectivity index (χ3n) is 4.47. The molecule has 7 nitrogen and oxygen atoms in total. The van der Waals surface area contributed by atoms with Crippen molar-refractivity contribution in [1.82, 2.24) is 19.7 Å². The van der Waals surface area contributed by atoms with E-state index in [1.165, 1.54) is 16.7 Å². The van der Waals surface area contributed by atoms with Crippen LogP contribution in [0.5, 0.6) is 0 Å². The molecule has 0 atom stereocenters. The van der Waals surface area contributed by atoms with E-state index < -0.39 is 0 Å². The fraction of sp³-hybridized carbons (Fsp3) is 0.300. The number of benzene rings is 1. The molecule has 0 aliphatic heterocycles. The van der Waals surface area contributed by atoms with E-state index >= 15 is 0 Å². The summed E-state index contributed by atoms with van der Waals surface area (Å²) in [6.45, 7) is 0. The van der Waals surface area contributed by atoms with Crippen LogP contribution in [0.25, 0.3) is 10.7 Å². The summed E-state index contributed by atoms with van der Waals surface area (Å²) in [6, 6.07) is 11.4. The summed E-state index contributed by atoms with van der Waals surface area (Å²) in [5.74, 6) is 0.934. The molecule has 150 valence electrons. The standard InChI is InChI=1S/C20H21N5O2S2/c1-24(2)19(27)13-5-7-14(8-6-13)21-17(26)12-29-20-23-22-18(16-4-3-11-28-16)25(20)15-9-10-15/h3-8,11,15H,9-10,12H2,1-2H3,(H,21,26). The number of anilines is 1. The van der Waals surface area contributed by atoms with Gasteiger partial charge in [-0.3, -0.25) is 14.2 Å². The van der Waals surface area contributed by atoms with Crippen molar-refractivity contribution in [2.75, 3.05) is 25.2 Å². The largest absolute Gasteiger partial charge is 0.345 e. The molecular formula is C20H21N5O2S2. The molecular weight excluding hydrogens is 406 g/mol. The summed E-state index contributed by atoms with van der Waals surface area (Å²) >= 11 is 3.03. The summed E-state index contributed by atoms with van der Waals surface area (Å²) < 4.78 is 2.16. The molecule has 1 fully saturated rings. The van der Waals surface area contributed by atoms with Crippen LogP contribution in [0.15, 0.2) is 46.9 Å². The number of rotatable bonds is 7. The minimum atomic E-state index is -0.121. The van der Waals surface area contributed by atoms with E-state index in [9.17, 15) is 9.59 Å². The van der Waals surface area contributed by atoms with Gasteiger partial charge in [0.1, 0.15) is 0 Å². The molecule has 2 amide bonds. The lowest BCUT2D eigenvalue weighted by Crippen LogP contribution is -2.21. The maximum atomic E-state index is 12.4. The smallest absolute Gasteiger partial charge is 0.253 e. The minimum absolute atomic E-state index is 0.0700. The summed E-state index contributed by atoms with van der Waals surface area (Å²) in [5.41, 5.74) is 1.25. The van der Waals surface area contributed by atoms with Crippen molar-refractivity contribution in [2.24, 2.45) is 0 Å². The first-order valence-corrected chi connectivity index (χ1v) is 11.1. The van der Waals surface area contributed by atoms with Crippen LogP contribution in [-0.4, -0.2) is 51.3 Å². The highest BCUT2D eigenvalue weighted by Crippen LogP contribution is 2.41. The number of amides is 2. The second-order valence-corrected chi connectivity index (χ2v) is 8.89. The molecule has 1 N–H and O–H groups in total. The highest BCUT2D eigenvalue weighted by atomic mass is 32.2. The molecule has 1 aliphatic carbocycles. The van der Waals surface area contributed by atoms with Crippen LogP contribution in [-0.2, 0) is 4.79 Å². The number of aromatic nitrogens is 3. The summed E-state index contributed by atoms with van der Waals surface area (Å²) in [6.07, 6.45) is 2.24. The molecule has 1 aromatic carbocycles. The molecule has 29 heavy (non-hydrogen) atoms. The second-order valence-electron chi connectivity index (χ2n) is 7.00. The molecule has 3 aromatic rings. The predicted octanol–water partition coefficient (Wildman–Crippen LogP) is 3.77. The monoisotopic (exact) mass is 427 g/mol. The van der Waals surface area contributed by atoms with Gasteiger partial charge in [0.15, 0.2) is 11.0 Å². The summed E-state index contributed by atoms with van der Waals surface area (Å²) in [4.78, 5) is 26.9. The number of hydrogen-bond acceptors (Lipinski definition) is 6. The van der Waals surface area contributed by atoms with Crippen molar-refractivity contribution in [3.63, 3.8) is 0 Å². The number of hydrogen-bond donors (Lipinski definition) is 1. The molecule has 2 heterocycles. The Kier molecular flexibility index (Phi) is 5.68. The SMILES string of the molecule is CN(C)C(=O)c1ccc(NC(=O)CSc2nnc(-c3cccs3)n2C2CC2)cc1. The third-order valence-corrected chi connectivity index (χ3v) is 6.28. The lowest BCUT2D eigenvalue weighted by molar-refractivity contribution is -0.113. The number of thiophene rings is 1. The van der Waals surface area contributed by atoms with E-state index in [1.807, 2.05) is 17.5 Å². The number of nitrogens with one attached hydrogen (secondary N) is 1. The molecule has 0 unspecified atom stereocenters. The Morgan fingerprint density at radius 3 is 2.59 bits per heavy atom. The Morgan fingerprint density at radius 1 is 1.21 bits per heavy atom. The molecule has 1 aliphatic rings. The van der Waals surface area contributed by atoms with Gasteiger partial charge in [-0.05, 0) is 48.6 Å². The molecule has 9 heteroatoms. The molecule has 4 rings (SSSR count). The van der Waals surface area contributed by atoms with Crippen molar-refractivity contribution in [2.45, 2.75) is 24.0 Å². The van der Waals surface area contributed by atoms with E-state index in [2.05, 4.69) is 20.1 Å². The van der Waals surface area contributed by atoms with Crippen molar-refractivity contribution in [3.05, 3.63) is 47.3 Å². The zero-order chi connectivity index (χ0) is 20.4. The number of thioether (sulfide) groups is 1. The molecule has 0 saturated heterocycles. The van der Waals surface area contributed by atoms with Gasteiger partial charge < -0.3 is 10.2 Å². The van der Waals surface area contributed by atoms with Crippen molar-refractivity contribution >= 4 is 40.6 Å². The molecule has 1 saturated carbocycles. The van der Waals surface area contributed by atoms with E-state index in [1.54, 1.807) is 49.7 Å². The van der Waals surface area contributed by atoms with Gasteiger partial charge in [-0.1, -0.05) is 17.8 Å². The first kappa shape index (κ1) is 19.7. The zero-order valence-corrected chi connectivity index (χ0v) is 17.8.